The van der Waals surface area contributed by atoms with Gasteiger partial charge in [-0.2, -0.15) is 9.79 Å². The normalized spacial score (nSPS) is 16.1. The van der Waals surface area contributed by atoms with Crippen molar-refractivity contribution in [3.8, 4) is 5.75 Å². The molecule has 190 valence electrons. The number of aldehydes is 1. The number of piperidine rings is 1. The molecule has 11 heteroatoms. The van der Waals surface area contributed by atoms with Crippen molar-refractivity contribution < 1.29 is 32.3 Å². The van der Waals surface area contributed by atoms with Crippen LogP contribution < -0.4 is 10.2 Å². The Morgan fingerprint density at radius 2 is 1.77 bits per heavy atom. The fourth-order valence-electron chi connectivity index (χ4n) is 4.14. The molecule has 0 aromatic heterocycles. The van der Waals surface area contributed by atoms with Gasteiger partial charge in [0.15, 0.2) is 0 Å². The van der Waals surface area contributed by atoms with Crippen molar-refractivity contribution in [1.29, 1.82) is 0 Å². The van der Waals surface area contributed by atoms with Crippen LogP contribution in [0.25, 0.3) is 0 Å². The number of methoxy groups -OCH3 is 1. The van der Waals surface area contributed by atoms with Gasteiger partial charge in [-0.3, -0.25) is 4.79 Å². The molecule has 2 atom stereocenters. The zero-order valence-electron chi connectivity index (χ0n) is 19.5. The van der Waals surface area contributed by atoms with E-state index in [1.165, 1.54) is 43.5 Å². The third-order valence-electron chi connectivity index (χ3n) is 6.11. The molecule has 2 N–H and O–H groups in total. The Kier molecular flexibility index (Phi) is 9.33. The molecule has 2 aromatic carbocycles. The highest BCUT2D eigenvalue weighted by molar-refractivity contribution is 7.89. The van der Waals surface area contributed by atoms with Crippen LogP contribution in [0, 0.1) is 5.82 Å². The SMILES string of the molecule is COc1ccc(S(=O)(=O)N(CCC(=O)N2CCCCC2)C(NO)C(C=O)c2ccc(F)cc2)cc1. The van der Waals surface area contributed by atoms with E-state index >= 15 is 0 Å². The van der Waals surface area contributed by atoms with Crippen LogP contribution in [-0.2, 0) is 19.6 Å². The second-order valence-electron chi connectivity index (χ2n) is 8.27. The molecule has 0 aliphatic carbocycles. The number of likely N-dealkylation sites (tertiary alicyclic amines) is 1. The Balaban J connectivity index is 1.96. The van der Waals surface area contributed by atoms with Crippen molar-refractivity contribution in [2.24, 2.45) is 0 Å². The average Bonchev–Trinajstić information content (AvgIpc) is 2.89. The van der Waals surface area contributed by atoms with Gasteiger partial charge in [0.25, 0.3) is 0 Å². The van der Waals surface area contributed by atoms with Crippen LogP contribution >= 0.6 is 0 Å². The summed E-state index contributed by atoms with van der Waals surface area (Å²) < 4.78 is 46.8. The zero-order chi connectivity index (χ0) is 25.4. The molecular formula is C24H30FN3O6S. The molecule has 1 aliphatic heterocycles. The van der Waals surface area contributed by atoms with E-state index in [0.29, 0.717) is 30.7 Å². The highest BCUT2D eigenvalue weighted by atomic mass is 32.2. The van der Waals surface area contributed by atoms with E-state index in [1.54, 1.807) is 4.90 Å². The van der Waals surface area contributed by atoms with E-state index in [2.05, 4.69) is 0 Å². The van der Waals surface area contributed by atoms with Gasteiger partial charge in [0.2, 0.25) is 15.9 Å². The van der Waals surface area contributed by atoms with Gasteiger partial charge in [-0.15, -0.1) is 0 Å². The number of ether oxygens (including phenoxy) is 1. The van der Waals surface area contributed by atoms with Gasteiger partial charge in [-0.05, 0) is 61.2 Å². The number of carbonyl (C=O) groups is 2. The monoisotopic (exact) mass is 507 g/mol. The first-order chi connectivity index (χ1) is 16.8. The van der Waals surface area contributed by atoms with Crippen LogP contribution in [0.1, 0.15) is 37.2 Å². The van der Waals surface area contributed by atoms with Crippen molar-refractivity contribution >= 4 is 22.2 Å². The van der Waals surface area contributed by atoms with Crippen molar-refractivity contribution in [2.45, 2.75) is 42.7 Å². The van der Waals surface area contributed by atoms with E-state index < -0.39 is 27.9 Å². The van der Waals surface area contributed by atoms with Crippen LogP contribution in [-0.4, -0.2) is 67.9 Å². The number of halogens is 1. The summed E-state index contributed by atoms with van der Waals surface area (Å²) >= 11 is 0. The number of hydrogen-bond donors (Lipinski definition) is 2. The summed E-state index contributed by atoms with van der Waals surface area (Å²) in [5, 5.41) is 10.0. The van der Waals surface area contributed by atoms with Gasteiger partial charge in [0.05, 0.1) is 17.9 Å². The lowest BCUT2D eigenvalue weighted by molar-refractivity contribution is -0.132. The molecule has 1 fully saturated rings. The molecule has 3 rings (SSSR count). The topological polar surface area (TPSA) is 116 Å². The molecule has 35 heavy (non-hydrogen) atoms. The second kappa shape index (κ2) is 12.2. The summed E-state index contributed by atoms with van der Waals surface area (Å²) in [7, 11) is -2.83. The lowest BCUT2D eigenvalue weighted by Crippen LogP contribution is -2.52. The number of carbonyl (C=O) groups excluding carboxylic acids is 2. The molecule has 0 saturated carbocycles. The summed E-state index contributed by atoms with van der Waals surface area (Å²) in [5.74, 6) is -1.47. The predicted octanol–water partition coefficient (Wildman–Crippen LogP) is 2.52. The quantitative estimate of drug-likeness (QED) is 0.273. The largest absolute Gasteiger partial charge is 0.497 e. The minimum Gasteiger partial charge on any atom is -0.497 e. The molecule has 0 bridgehead atoms. The fraction of sp³-hybridized carbons (Fsp3) is 0.417. The summed E-state index contributed by atoms with van der Waals surface area (Å²) in [6.45, 7) is 0.935. The molecule has 2 unspecified atom stereocenters. The first-order valence-electron chi connectivity index (χ1n) is 11.4. The van der Waals surface area contributed by atoms with E-state index in [4.69, 9.17) is 4.74 Å². The Hall–Kier alpha value is -2.86. The summed E-state index contributed by atoms with van der Waals surface area (Å²) in [5.41, 5.74) is 2.24. The highest BCUT2D eigenvalue weighted by Gasteiger charge is 2.37. The molecule has 1 heterocycles. The molecule has 1 amide bonds. The van der Waals surface area contributed by atoms with Gasteiger partial charge in [0, 0.05) is 26.1 Å². The summed E-state index contributed by atoms with van der Waals surface area (Å²) in [6, 6.07) is 10.6. The predicted molar refractivity (Wildman–Crippen MR) is 126 cm³/mol. The number of nitrogens with zero attached hydrogens (tertiary/aromatic N) is 2. The number of nitrogens with one attached hydrogen (secondary N) is 1. The molecule has 1 aliphatic rings. The average molecular weight is 508 g/mol. The molecule has 0 radical (unpaired) electrons. The maximum absolute atomic E-state index is 13.7. The van der Waals surface area contributed by atoms with Gasteiger partial charge in [-0.1, -0.05) is 12.1 Å². The maximum Gasteiger partial charge on any atom is 0.244 e. The standard InChI is InChI=1S/C24H30FN3O6S/c1-34-20-9-11-21(12-10-20)35(32,33)28(16-13-23(30)27-14-3-2-4-15-27)24(26-31)22(17-29)18-5-7-19(25)8-6-18/h5-12,17,22,24,26,31H,2-4,13-16H2,1H3. The number of hydroxylamine groups is 1. The van der Waals surface area contributed by atoms with Crippen LogP contribution in [0.15, 0.2) is 53.4 Å². The molecule has 9 nitrogen and oxygen atoms in total. The number of benzene rings is 2. The number of amides is 1. The van der Waals surface area contributed by atoms with Crippen LogP contribution in [0.2, 0.25) is 0 Å². The minimum absolute atomic E-state index is 0.104. The van der Waals surface area contributed by atoms with Crippen LogP contribution in [0.4, 0.5) is 4.39 Å². The van der Waals surface area contributed by atoms with Gasteiger partial charge in [-0.25, -0.2) is 12.8 Å². The maximum atomic E-state index is 13.7. The second-order valence-corrected chi connectivity index (χ2v) is 10.2. The Bertz CT molecular complexity index is 1090. The van der Waals surface area contributed by atoms with Crippen molar-refractivity contribution in [1.82, 2.24) is 14.7 Å². The van der Waals surface area contributed by atoms with E-state index in [0.717, 1.165) is 35.7 Å². The van der Waals surface area contributed by atoms with Crippen molar-refractivity contribution in [3.63, 3.8) is 0 Å². The van der Waals surface area contributed by atoms with Crippen LogP contribution in [0.5, 0.6) is 5.75 Å². The first-order valence-corrected chi connectivity index (χ1v) is 12.8. The van der Waals surface area contributed by atoms with Crippen molar-refractivity contribution in [3.05, 3.63) is 59.9 Å². The van der Waals surface area contributed by atoms with E-state index in [9.17, 15) is 27.6 Å². The molecule has 0 spiro atoms. The minimum atomic E-state index is -4.28. The molecule has 2 aromatic rings. The highest BCUT2D eigenvalue weighted by Crippen LogP contribution is 2.27. The number of sulfonamides is 1. The third kappa shape index (κ3) is 6.43. The Morgan fingerprint density at radius 3 is 2.31 bits per heavy atom. The molecular weight excluding hydrogens is 477 g/mol. The van der Waals surface area contributed by atoms with E-state index in [1.807, 2.05) is 5.48 Å². The van der Waals surface area contributed by atoms with Gasteiger partial charge in [0.1, 0.15) is 24.0 Å². The van der Waals surface area contributed by atoms with Crippen LogP contribution in [0.3, 0.4) is 0 Å². The third-order valence-corrected chi connectivity index (χ3v) is 8.00. The zero-order valence-corrected chi connectivity index (χ0v) is 20.3. The Morgan fingerprint density at radius 1 is 1.14 bits per heavy atom. The lowest BCUT2D eigenvalue weighted by atomic mass is 9.97. The fourth-order valence-corrected chi connectivity index (χ4v) is 5.70. The van der Waals surface area contributed by atoms with E-state index in [-0.39, 0.29) is 23.8 Å². The smallest absolute Gasteiger partial charge is 0.244 e. The Labute approximate surface area is 204 Å². The van der Waals surface area contributed by atoms with Crippen molar-refractivity contribution in [2.75, 3.05) is 26.7 Å². The summed E-state index contributed by atoms with van der Waals surface area (Å²) in [6.07, 6.45) is 1.71. The van der Waals surface area contributed by atoms with Gasteiger partial charge >= 0.3 is 0 Å². The van der Waals surface area contributed by atoms with Gasteiger partial charge < -0.3 is 19.6 Å². The lowest BCUT2D eigenvalue weighted by Gasteiger charge is -2.34. The first kappa shape index (κ1) is 26.7. The number of rotatable bonds is 11. The summed E-state index contributed by atoms with van der Waals surface area (Å²) in [4.78, 5) is 26.5. The molecule has 1 saturated heterocycles. The number of hydrogen-bond acceptors (Lipinski definition) is 7.